The van der Waals surface area contributed by atoms with E-state index in [1.165, 1.54) is 0 Å². The van der Waals surface area contributed by atoms with Gasteiger partial charge in [-0.25, -0.2) is 0 Å². The van der Waals surface area contributed by atoms with Crippen molar-refractivity contribution < 1.29 is 14.3 Å². The molecule has 2 amide bonds. The lowest BCUT2D eigenvalue weighted by Crippen LogP contribution is -2.42. The third-order valence-corrected chi connectivity index (χ3v) is 5.93. The first-order valence-corrected chi connectivity index (χ1v) is 9.25. The number of morpholine rings is 1. The van der Waals surface area contributed by atoms with Crippen LogP contribution >= 0.6 is 11.3 Å². The van der Waals surface area contributed by atoms with E-state index >= 15 is 0 Å². The van der Waals surface area contributed by atoms with Crippen LogP contribution in [0.1, 0.15) is 40.8 Å². The highest BCUT2D eigenvalue weighted by molar-refractivity contribution is 7.10. The van der Waals surface area contributed by atoms with Crippen molar-refractivity contribution in [3.05, 3.63) is 51.7 Å². The van der Waals surface area contributed by atoms with Crippen molar-refractivity contribution in [3.63, 3.8) is 0 Å². The second-order valence-electron chi connectivity index (χ2n) is 6.97. The molecule has 0 bridgehead atoms. The Hall–Kier alpha value is -2.18. The molecule has 0 saturated carbocycles. The maximum Gasteiger partial charge on any atom is 0.254 e. The van der Waals surface area contributed by atoms with Gasteiger partial charge in [-0.1, -0.05) is 6.07 Å². The van der Waals surface area contributed by atoms with Crippen LogP contribution in [-0.4, -0.2) is 36.4 Å². The molecule has 4 rings (SSSR count). The van der Waals surface area contributed by atoms with Crippen molar-refractivity contribution in [1.82, 2.24) is 4.90 Å². The Kier molecular flexibility index (Phi) is 3.89. The average Bonchev–Trinajstić information content (AvgIpc) is 3.22. The normalized spacial score (nSPS) is 21.8. The zero-order valence-electron chi connectivity index (χ0n) is 14.2. The van der Waals surface area contributed by atoms with Gasteiger partial charge in [0.15, 0.2) is 0 Å². The van der Waals surface area contributed by atoms with Crippen LogP contribution in [0.2, 0.25) is 0 Å². The van der Waals surface area contributed by atoms with Gasteiger partial charge in [0.05, 0.1) is 18.6 Å². The van der Waals surface area contributed by atoms with E-state index in [2.05, 4.69) is 5.32 Å². The van der Waals surface area contributed by atoms with Crippen LogP contribution in [0.25, 0.3) is 0 Å². The second kappa shape index (κ2) is 5.97. The third-order valence-electron chi connectivity index (χ3n) is 4.97. The predicted molar refractivity (Wildman–Crippen MR) is 97.0 cm³/mol. The van der Waals surface area contributed by atoms with Gasteiger partial charge in [-0.05, 0) is 49.1 Å². The van der Waals surface area contributed by atoms with E-state index in [0.29, 0.717) is 25.3 Å². The summed E-state index contributed by atoms with van der Waals surface area (Å²) in [6.07, 6.45) is -0.0631. The number of nitrogens with one attached hydrogen (secondary N) is 1. The number of fused-ring (bicyclic) bond motifs is 1. The first-order chi connectivity index (χ1) is 12.0. The monoisotopic (exact) mass is 356 g/mol. The smallest absolute Gasteiger partial charge is 0.254 e. The SMILES string of the molecule is CC1(C)C(=O)Nc2ccc(C(=O)N3CCOC(c4cccs4)C3)cc21. The van der Waals surface area contributed by atoms with Gasteiger partial charge in [0, 0.05) is 22.7 Å². The highest BCUT2D eigenvalue weighted by Crippen LogP contribution is 2.38. The summed E-state index contributed by atoms with van der Waals surface area (Å²) in [4.78, 5) is 28.0. The molecule has 1 aromatic heterocycles. The molecule has 2 aliphatic heterocycles. The second-order valence-corrected chi connectivity index (χ2v) is 7.94. The molecule has 6 heteroatoms. The van der Waals surface area contributed by atoms with Crippen molar-refractivity contribution in [2.24, 2.45) is 0 Å². The molecule has 0 radical (unpaired) electrons. The first kappa shape index (κ1) is 16.3. The molecule has 0 aliphatic carbocycles. The summed E-state index contributed by atoms with van der Waals surface area (Å²) in [5.74, 6) is -0.0426. The number of amides is 2. The molecule has 25 heavy (non-hydrogen) atoms. The fourth-order valence-electron chi connectivity index (χ4n) is 3.37. The highest BCUT2D eigenvalue weighted by atomic mass is 32.1. The maximum atomic E-state index is 13.0. The Morgan fingerprint density at radius 3 is 2.96 bits per heavy atom. The van der Waals surface area contributed by atoms with E-state index in [4.69, 9.17) is 4.74 Å². The van der Waals surface area contributed by atoms with Crippen LogP contribution in [-0.2, 0) is 14.9 Å². The van der Waals surface area contributed by atoms with Gasteiger partial charge in [0.1, 0.15) is 6.10 Å². The van der Waals surface area contributed by atoms with E-state index in [1.807, 2.05) is 48.4 Å². The number of carbonyl (C=O) groups excluding carboxylic acids is 2. The zero-order chi connectivity index (χ0) is 17.6. The number of thiophene rings is 1. The topological polar surface area (TPSA) is 58.6 Å². The number of hydrogen-bond acceptors (Lipinski definition) is 4. The fourth-order valence-corrected chi connectivity index (χ4v) is 4.13. The number of nitrogens with zero attached hydrogens (tertiary/aromatic N) is 1. The fraction of sp³-hybridized carbons (Fsp3) is 0.368. The van der Waals surface area contributed by atoms with E-state index < -0.39 is 5.41 Å². The molecule has 1 atom stereocenters. The lowest BCUT2D eigenvalue weighted by Gasteiger charge is -2.32. The summed E-state index contributed by atoms with van der Waals surface area (Å²) in [6.45, 7) is 5.42. The van der Waals surface area contributed by atoms with Gasteiger partial charge < -0.3 is 15.0 Å². The summed E-state index contributed by atoms with van der Waals surface area (Å²) < 4.78 is 5.82. The van der Waals surface area contributed by atoms with Crippen LogP contribution in [0.5, 0.6) is 0 Å². The quantitative estimate of drug-likeness (QED) is 0.899. The van der Waals surface area contributed by atoms with Crippen molar-refractivity contribution in [1.29, 1.82) is 0 Å². The largest absolute Gasteiger partial charge is 0.369 e. The lowest BCUT2D eigenvalue weighted by atomic mass is 9.85. The van der Waals surface area contributed by atoms with E-state index in [-0.39, 0.29) is 17.9 Å². The Balaban J connectivity index is 1.57. The molecule has 1 unspecified atom stereocenters. The van der Waals surface area contributed by atoms with Crippen LogP contribution in [0.15, 0.2) is 35.7 Å². The summed E-state index contributed by atoms with van der Waals surface area (Å²) in [6, 6.07) is 9.51. The van der Waals surface area contributed by atoms with Crippen molar-refractivity contribution in [2.45, 2.75) is 25.4 Å². The molecule has 0 spiro atoms. The van der Waals surface area contributed by atoms with Crippen molar-refractivity contribution >= 4 is 28.8 Å². The first-order valence-electron chi connectivity index (χ1n) is 8.37. The zero-order valence-corrected chi connectivity index (χ0v) is 15.1. The third kappa shape index (κ3) is 2.75. The Morgan fingerprint density at radius 2 is 2.20 bits per heavy atom. The van der Waals surface area contributed by atoms with Gasteiger partial charge in [-0.15, -0.1) is 11.3 Å². The van der Waals surface area contributed by atoms with Crippen LogP contribution in [0.4, 0.5) is 5.69 Å². The standard InChI is InChI=1S/C19H20N2O3S/c1-19(2)13-10-12(5-6-14(13)20-18(19)23)17(22)21-7-8-24-15(11-21)16-4-3-9-25-16/h3-6,9-10,15H,7-8,11H2,1-2H3,(H,20,23). The minimum absolute atomic E-state index is 0.0113. The molecule has 2 aromatic rings. The minimum atomic E-state index is -0.615. The summed E-state index contributed by atoms with van der Waals surface area (Å²) in [5.41, 5.74) is 1.68. The van der Waals surface area contributed by atoms with Crippen LogP contribution < -0.4 is 5.32 Å². The lowest BCUT2D eigenvalue weighted by molar-refractivity contribution is -0.119. The number of ether oxygens (including phenoxy) is 1. The van der Waals surface area contributed by atoms with E-state index in [1.54, 1.807) is 17.4 Å². The predicted octanol–water partition coefficient (Wildman–Crippen LogP) is 3.19. The summed E-state index contributed by atoms with van der Waals surface area (Å²) in [7, 11) is 0. The van der Waals surface area contributed by atoms with Crippen molar-refractivity contribution in [2.75, 3.05) is 25.0 Å². The number of anilines is 1. The molecular weight excluding hydrogens is 336 g/mol. The maximum absolute atomic E-state index is 13.0. The summed E-state index contributed by atoms with van der Waals surface area (Å²) in [5, 5.41) is 4.90. The van der Waals surface area contributed by atoms with E-state index in [0.717, 1.165) is 16.1 Å². The van der Waals surface area contributed by atoms with Gasteiger partial charge in [-0.3, -0.25) is 9.59 Å². The molecule has 1 aromatic carbocycles. The number of rotatable bonds is 2. The van der Waals surface area contributed by atoms with Gasteiger partial charge >= 0.3 is 0 Å². The van der Waals surface area contributed by atoms with Gasteiger partial charge in [0.25, 0.3) is 5.91 Å². The Labute approximate surface area is 150 Å². The van der Waals surface area contributed by atoms with Crippen molar-refractivity contribution in [3.8, 4) is 0 Å². The molecule has 1 N–H and O–H groups in total. The Bertz CT molecular complexity index is 829. The summed E-state index contributed by atoms with van der Waals surface area (Å²) >= 11 is 1.65. The van der Waals surface area contributed by atoms with Crippen LogP contribution in [0.3, 0.4) is 0 Å². The minimum Gasteiger partial charge on any atom is -0.369 e. The van der Waals surface area contributed by atoms with Crippen LogP contribution in [0, 0.1) is 0 Å². The molecule has 3 heterocycles. The molecule has 5 nitrogen and oxygen atoms in total. The molecule has 1 saturated heterocycles. The van der Waals surface area contributed by atoms with E-state index in [9.17, 15) is 9.59 Å². The molecule has 1 fully saturated rings. The molecule has 130 valence electrons. The molecular formula is C19H20N2O3S. The average molecular weight is 356 g/mol. The van der Waals surface area contributed by atoms with Gasteiger partial charge in [0.2, 0.25) is 5.91 Å². The highest BCUT2D eigenvalue weighted by Gasteiger charge is 2.39. The number of benzene rings is 1. The molecule has 2 aliphatic rings. The number of hydrogen-bond donors (Lipinski definition) is 1. The van der Waals surface area contributed by atoms with Gasteiger partial charge in [-0.2, -0.15) is 0 Å². The number of carbonyl (C=O) groups is 2. The Morgan fingerprint density at radius 1 is 1.36 bits per heavy atom.